The number of fused-ring (bicyclic) bond motifs is 1. The van der Waals surface area contributed by atoms with Crippen LogP contribution in [0.4, 0.5) is 0 Å². The van der Waals surface area contributed by atoms with Gasteiger partial charge in [-0.15, -0.1) is 11.3 Å². The van der Waals surface area contributed by atoms with Gasteiger partial charge in [-0.1, -0.05) is 42.5 Å². The first-order valence-electron chi connectivity index (χ1n) is 8.18. The molecule has 0 fully saturated rings. The fourth-order valence-electron chi connectivity index (χ4n) is 2.62. The summed E-state index contributed by atoms with van der Waals surface area (Å²) in [5, 5.41) is 13.5. The quantitative estimate of drug-likeness (QED) is 0.561. The monoisotopic (exact) mass is 364 g/mol. The van der Waals surface area contributed by atoms with Crippen LogP contribution in [-0.4, -0.2) is 22.5 Å². The molecule has 0 saturated carbocycles. The van der Waals surface area contributed by atoms with Crippen LogP contribution in [-0.2, 0) is 0 Å². The molecule has 2 heterocycles. The number of hydrogen-bond donors (Lipinski definition) is 2. The number of aromatic nitrogens is 1. The molecule has 0 aliphatic rings. The number of aliphatic hydroxyl groups is 1. The van der Waals surface area contributed by atoms with E-state index in [0.29, 0.717) is 5.76 Å². The first kappa shape index (κ1) is 16.5. The second kappa shape index (κ2) is 7.11. The highest BCUT2D eigenvalue weighted by Gasteiger charge is 2.16. The van der Waals surface area contributed by atoms with Crippen molar-refractivity contribution in [1.82, 2.24) is 10.3 Å². The van der Waals surface area contributed by atoms with Crippen LogP contribution < -0.4 is 5.32 Å². The lowest BCUT2D eigenvalue weighted by Gasteiger charge is -2.11. The van der Waals surface area contributed by atoms with Gasteiger partial charge in [-0.2, -0.15) is 0 Å². The molecule has 0 bridgehead atoms. The van der Waals surface area contributed by atoms with Crippen LogP contribution in [0.3, 0.4) is 0 Å². The van der Waals surface area contributed by atoms with Crippen LogP contribution in [0.2, 0.25) is 0 Å². The van der Waals surface area contributed by atoms with Crippen molar-refractivity contribution in [2.45, 2.75) is 6.10 Å². The lowest BCUT2D eigenvalue weighted by molar-refractivity contribution is 0.0890. The number of benzene rings is 2. The molecule has 0 aliphatic heterocycles. The van der Waals surface area contributed by atoms with E-state index in [4.69, 9.17) is 4.42 Å². The van der Waals surface area contributed by atoms with Crippen LogP contribution in [0.1, 0.15) is 22.2 Å². The van der Waals surface area contributed by atoms with Crippen molar-refractivity contribution in [1.29, 1.82) is 0 Å². The van der Waals surface area contributed by atoms with E-state index in [9.17, 15) is 9.90 Å². The van der Waals surface area contributed by atoms with E-state index >= 15 is 0 Å². The molecule has 4 rings (SSSR count). The number of aliphatic hydroxyl groups excluding tert-OH is 1. The van der Waals surface area contributed by atoms with Gasteiger partial charge in [0.1, 0.15) is 0 Å². The Morgan fingerprint density at radius 1 is 1.08 bits per heavy atom. The maximum absolute atomic E-state index is 12.3. The van der Waals surface area contributed by atoms with Crippen LogP contribution in [0.25, 0.3) is 21.0 Å². The molecule has 2 aromatic carbocycles. The van der Waals surface area contributed by atoms with Gasteiger partial charge in [0, 0.05) is 6.54 Å². The summed E-state index contributed by atoms with van der Waals surface area (Å²) >= 11 is 1.51. The molecule has 0 spiro atoms. The smallest absolute Gasteiger partial charge is 0.287 e. The molecule has 1 atom stereocenters. The molecule has 6 heteroatoms. The van der Waals surface area contributed by atoms with E-state index in [-0.39, 0.29) is 18.2 Å². The van der Waals surface area contributed by atoms with Gasteiger partial charge in [-0.3, -0.25) is 4.79 Å². The SMILES string of the molecule is O=C(NC[C@H](O)c1ccccc1)c1ccc(-c2nc3ccccc3s2)o1. The fraction of sp³-hybridized carbons (Fsp3) is 0.100. The van der Waals surface area contributed by atoms with E-state index in [1.54, 1.807) is 12.1 Å². The Hall–Kier alpha value is -2.96. The molecule has 0 unspecified atom stereocenters. The number of amides is 1. The molecule has 130 valence electrons. The summed E-state index contributed by atoms with van der Waals surface area (Å²) in [5.74, 6) is 0.381. The van der Waals surface area contributed by atoms with E-state index < -0.39 is 6.10 Å². The molecule has 4 aromatic rings. The van der Waals surface area contributed by atoms with Crippen molar-refractivity contribution in [2.75, 3.05) is 6.54 Å². The third-order valence-corrected chi connectivity index (χ3v) is 5.03. The highest BCUT2D eigenvalue weighted by molar-refractivity contribution is 7.21. The predicted octanol–water partition coefficient (Wildman–Crippen LogP) is 4.02. The minimum absolute atomic E-state index is 0.111. The zero-order chi connectivity index (χ0) is 17.9. The van der Waals surface area contributed by atoms with E-state index in [1.165, 1.54) is 11.3 Å². The van der Waals surface area contributed by atoms with Crippen molar-refractivity contribution in [3.05, 3.63) is 78.1 Å². The second-order valence-electron chi connectivity index (χ2n) is 5.79. The number of carbonyl (C=O) groups is 1. The number of nitrogens with zero attached hydrogens (tertiary/aromatic N) is 1. The Bertz CT molecular complexity index is 1010. The maximum Gasteiger partial charge on any atom is 0.287 e. The molecular weight excluding hydrogens is 348 g/mol. The number of para-hydroxylation sites is 1. The van der Waals surface area contributed by atoms with Gasteiger partial charge in [0.05, 0.1) is 16.3 Å². The van der Waals surface area contributed by atoms with Crippen molar-refractivity contribution >= 4 is 27.5 Å². The lowest BCUT2D eigenvalue weighted by atomic mass is 10.1. The molecule has 26 heavy (non-hydrogen) atoms. The standard InChI is InChI=1S/C20H16N2O3S/c23-15(13-6-2-1-3-7-13)12-21-19(24)16-10-11-17(25-16)20-22-14-8-4-5-9-18(14)26-20/h1-11,15,23H,12H2,(H,21,24)/t15-/m0/s1. The lowest BCUT2D eigenvalue weighted by Crippen LogP contribution is -2.28. The van der Waals surface area contributed by atoms with Gasteiger partial charge in [0.2, 0.25) is 0 Å². The zero-order valence-corrected chi connectivity index (χ0v) is 14.6. The van der Waals surface area contributed by atoms with E-state index in [1.807, 2.05) is 54.6 Å². The summed E-state index contributed by atoms with van der Waals surface area (Å²) in [7, 11) is 0. The first-order valence-corrected chi connectivity index (χ1v) is 8.99. The van der Waals surface area contributed by atoms with Crippen molar-refractivity contribution in [2.24, 2.45) is 0 Å². The Morgan fingerprint density at radius 2 is 1.85 bits per heavy atom. The Labute approximate surface area is 153 Å². The summed E-state index contributed by atoms with van der Waals surface area (Å²) in [4.78, 5) is 16.8. The van der Waals surface area contributed by atoms with Crippen molar-refractivity contribution in [3.63, 3.8) is 0 Å². The average molecular weight is 364 g/mol. The molecular formula is C20H16N2O3S. The largest absolute Gasteiger partial charge is 0.448 e. The molecule has 5 nitrogen and oxygen atoms in total. The molecule has 0 aliphatic carbocycles. The average Bonchev–Trinajstić information content (AvgIpc) is 3.33. The van der Waals surface area contributed by atoms with E-state index in [2.05, 4.69) is 10.3 Å². The highest BCUT2D eigenvalue weighted by Crippen LogP contribution is 2.31. The van der Waals surface area contributed by atoms with Gasteiger partial charge < -0.3 is 14.8 Å². The van der Waals surface area contributed by atoms with Crippen LogP contribution in [0.5, 0.6) is 0 Å². The summed E-state index contributed by atoms with van der Waals surface area (Å²) in [6, 6.07) is 20.4. The van der Waals surface area contributed by atoms with Gasteiger partial charge in [0.25, 0.3) is 5.91 Å². The highest BCUT2D eigenvalue weighted by atomic mass is 32.1. The third-order valence-electron chi connectivity index (χ3n) is 3.97. The Balaban J connectivity index is 1.44. The number of furan rings is 1. The third kappa shape index (κ3) is 3.37. The van der Waals surface area contributed by atoms with Crippen LogP contribution in [0, 0.1) is 0 Å². The minimum atomic E-state index is -0.765. The number of carbonyl (C=O) groups excluding carboxylic acids is 1. The predicted molar refractivity (Wildman–Crippen MR) is 101 cm³/mol. The first-order chi connectivity index (χ1) is 12.7. The zero-order valence-electron chi connectivity index (χ0n) is 13.8. The normalized spacial score (nSPS) is 12.2. The summed E-state index contributed by atoms with van der Waals surface area (Å²) < 4.78 is 6.72. The second-order valence-corrected chi connectivity index (χ2v) is 6.82. The van der Waals surface area contributed by atoms with Gasteiger partial charge in [-0.05, 0) is 29.8 Å². The van der Waals surface area contributed by atoms with Crippen molar-refractivity contribution < 1.29 is 14.3 Å². The Kier molecular flexibility index (Phi) is 4.51. The minimum Gasteiger partial charge on any atom is -0.448 e. The van der Waals surface area contributed by atoms with Gasteiger partial charge >= 0.3 is 0 Å². The number of rotatable bonds is 5. The van der Waals surface area contributed by atoms with Gasteiger partial charge in [0.15, 0.2) is 16.5 Å². The van der Waals surface area contributed by atoms with Crippen molar-refractivity contribution in [3.8, 4) is 10.8 Å². The number of nitrogens with one attached hydrogen (secondary N) is 1. The molecule has 0 saturated heterocycles. The maximum atomic E-state index is 12.3. The summed E-state index contributed by atoms with van der Waals surface area (Å²) in [6.07, 6.45) is -0.765. The summed E-state index contributed by atoms with van der Waals surface area (Å²) in [6.45, 7) is 0.111. The Morgan fingerprint density at radius 3 is 2.65 bits per heavy atom. The topological polar surface area (TPSA) is 75.4 Å². The van der Waals surface area contributed by atoms with Crippen LogP contribution >= 0.6 is 11.3 Å². The van der Waals surface area contributed by atoms with Crippen LogP contribution in [0.15, 0.2) is 71.1 Å². The number of hydrogen-bond acceptors (Lipinski definition) is 5. The molecule has 1 amide bonds. The van der Waals surface area contributed by atoms with E-state index in [0.717, 1.165) is 20.8 Å². The molecule has 0 radical (unpaired) electrons. The summed E-state index contributed by atoms with van der Waals surface area (Å²) in [5.41, 5.74) is 1.66. The molecule has 2 aromatic heterocycles. The molecule has 2 N–H and O–H groups in total. The fourth-order valence-corrected chi connectivity index (χ4v) is 3.55. The van der Waals surface area contributed by atoms with Gasteiger partial charge in [-0.25, -0.2) is 4.98 Å². The number of thiazole rings is 1.